The van der Waals surface area contributed by atoms with Crippen LogP contribution in [0.25, 0.3) is 0 Å². The van der Waals surface area contributed by atoms with Crippen LogP contribution in [0.2, 0.25) is 0 Å². The summed E-state index contributed by atoms with van der Waals surface area (Å²) in [6.07, 6.45) is 0. The van der Waals surface area contributed by atoms with E-state index in [1.54, 1.807) is 6.07 Å². The van der Waals surface area contributed by atoms with Crippen LogP contribution in [-0.2, 0) is 15.3 Å². The molecule has 23 heavy (non-hydrogen) atoms. The molecule has 0 fully saturated rings. The summed E-state index contributed by atoms with van der Waals surface area (Å²) in [6, 6.07) is 15.0. The third-order valence-electron chi connectivity index (χ3n) is 3.01. The van der Waals surface area contributed by atoms with E-state index >= 15 is 0 Å². The summed E-state index contributed by atoms with van der Waals surface area (Å²) in [5.74, 6) is 0.703. The molecule has 0 aliphatic rings. The standard InChI is InChI=1S/C17H16INO3S/c1-22-16(20)11-23-10-12-5-7-15(8-6-12)19-17(21)13-3-2-4-14(18)9-13/h2-9H,10-11H2,1H3,(H,19,21). The monoisotopic (exact) mass is 441 g/mol. The first kappa shape index (κ1) is 17.8. The smallest absolute Gasteiger partial charge is 0.315 e. The number of nitrogens with one attached hydrogen (secondary N) is 1. The van der Waals surface area contributed by atoms with Gasteiger partial charge in [-0.25, -0.2) is 0 Å². The molecule has 1 amide bonds. The Morgan fingerprint density at radius 2 is 1.91 bits per heavy atom. The van der Waals surface area contributed by atoms with Crippen LogP contribution in [0.5, 0.6) is 0 Å². The minimum absolute atomic E-state index is 0.128. The van der Waals surface area contributed by atoms with Gasteiger partial charge < -0.3 is 10.1 Å². The molecule has 0 saturated carbocycles. The van der Waals surface area contributed by atoms with Crippen molar-refractivity contribution in [3.05, 3.63) is 63.2 Å². The third-order valence-corrected chi connectivity index (χ3v) is 4.66. The van der Waals surface area contributed by atoms with Crippen molar-refractivity contribution in [3.63, 3.8) is 0 Å². The van der Waals surface area contributed by atoms with Gasteiger partial charge in [0.05, 0.1) is 12.9 Å². The van der Waals surface area contributed by atoms with Gasteiger partial charge in [-0.3, -0.25) is 9.59 Å². The Balaban J connectivity index is 1.89. The van der Waals surface area contributed by atoms with Gasteiger partial charge in [0.15, 0.2) is 0 Å². The van der Waals surface area contributed by atoms with Crippen LogP contribution < -0.4 is 5.32 Å². The molecule has 2 aromatic carbocycles. The third kappa shape index (κ3) is 5.87. The number of benzene rings is 2. The quantitative estimate of drug-likeness (QED) is 0.545. The Bertz CT molecular complexity index is 688. The molecule has 1 N–H and O–H groups in total. The van der Waals surface area contributed by atoms with Crippen molar-refractivity contribution in [2.75, 3.05) is 18.2 Å². The zero-order valence-corrected chi connectivity index (χ0v) is 15.5. The Morgan fingerprint density at radius 1 is 1.17 bits per heavy atom. The molecule has 120 valence electrons. The summed E-state index contributed by atoms with van der Waals surface area (Å²) in [5, 5.41) is 2.87. The Kier molecular flexibility index (Phi) is 6.91. The second-order valence-corrected chi connectivity index (χ2v) is 6.96. The molecule has 0 unspecified atom stereocenters. The Morgan fingerprint density at radius 3 is 2.57 bits per heavy atom. The maximum atomic E-state index is 12.2. The fraction of sp³-hybridized carbons (Fsp3) is 0.176. The van der Waals surface area contributed by atoms with E-state index in [1.807, 2.05) is 42.5 Å². The number of ether oxygens (including phenoxy) is 1. The molecule has 2 rings (SSSR count). The summed E-state index contributed by atoms with van der Waals surface area (Å²) in [5.41, 5.74) is 2.47. The maximum Gasteiger partial charge on any atom is 0.315 e. The van der Waals surface area contributed by atoms with Gasteiger partial charge in [0.1, 0.15) is 0 Å². The molecule has 0 aliphatic carbocycles. The zero-order chi connectivity index (χ0) is 16.7. The van der Waals surface area contributed by atoms with Crippen molar-refractivity contribution < 1.29 is 14.3 Å². The van der Waals surface area contributed by atoms with E-state index in [0.29, 0.717) is 11.3 Å². The summed E-state index contributed by atoms with van der Waals surface area (Å²) in [7, 11) is 1.38. The second kappa shape index (κ2) is 8.93. The van der Waals surface area contributed by atoms with Crippen molar-refractivity contribution in [2.24, 2.45) is 0 Å². The number of rotatable bonds is 6. The van der Waals surface area contributed by atoms with Crippen LogP contribution in [0.15, 0.2) is 48.5 Å². The summed E-state index contributed by atoms with van der Waals surface area (Å²) < 4.78 is 5.62. The predicted molar refractivity (Wildman–Crippen MR) is 102 cm³/mol. The van der Waals surface area contributed by atoms with Gasteiger partial charge in [-0.2, -0.15) is 0 Å². The van der Waals surface area contributed by atoms with Crippen molar-refractivity contribution >= 4 is 51.9 Å². The molecule has 0 heterocycles. The van der Waals surface area contributed by atoms with Gasteiger partial charge in [-0.15, -0.1) is 11.8 Å². The highest BCUT2D eigenvalue weighted by molar-refractivity contribution is 14.1. The molecular formula is C17H16INO3S. The van der Waals surface area contributed by atoms with Crippen molar-refractivity contribution in [1.82, 2.24) is 0 Å². The van der Waals surface area contributed by atoms with E-state index in [2.05, 4.69) is 32.6 Å². The molecular weight excluding hydrogens is 425 g/mol. The van der Waals surface area contributed by atoms with E-state index < -0.39 is 0 Å². The molecule has 0 aromatic heterocycles. The van der Waals surface area contributed by atoms with Crippen LogP contribution in [0.1, 0.15) is 15.9 Å². The number of halogens is 1. The minimum Gasteiger partial charge on any atom is -0.468 e. The lowest BCUT2D eigenvalue weighted by Gasteiger charge is -2.07. The van der Waals surface area contributed by atoms with Crippen LogP contribution in [0.3, 0.4) is 0 Å². The first-order valence-electron chi connectivity index (χ1n) is 6.89. The number of methoxy groups -OCH3 is 1. The number of hydrogen-bond acceptors (Lipinski definition) is 4. The summed E-state index contributed by atoms with van der Waals surface area (Å²) in [6.45, 7) is 0. The molecule has 0 spiro atoms. The number of carbonyl (C=O) groups is 2. The van der Waals surface area contributed by atoms with Crippen molar-refractivity contribution in [3.8, 4) is 0 Å². The highest BCUT2D eigenvalue weighted by Crippen LogP contribution is 2.17. The molecule has 4 nitrogen and oxygen atoms in total. The van der Waals surface area contributed by atoms with Crippen LogP contribution in [0, 0.1) is 3.57 Å². The number of hydrogen-bond donors (Lipinski definition) is 1. The first-order valence-corrected chi connectivity index (χ1v) is 9.12. The van der Waals surface area contributed by atoms with Crippen molar-refractivity contribution in [2.45, 2.75) is 5.75 Å². The molecule has 6 heteroatoms. The highest BCUT2D eigenvalue weighted by Gasteiger charge is 2.06. The largest absolute Gasteiger partial charge is 0.468 e. The van der Waals surface area contributed by atoms with Crippen LogP contribution >= 0.6 is 34.4 Å². The molecule has 0 aliphatic heterocycles. The zero-order valence-electron chi connectivity index (χ0n) is 12.5. The van der Waals surface area contributed by atoms with Gasteiger partial charge in [0, 0.05) is 20.6 Å². The number of thioether (sulfide) groups is 1. The highest BCUT2D eigenvalue weighted by atomic mass is 127. The fourth-order valence-electron chi connectivity index (χ4n) is 1.83. The molecule has 0 atom stereocenters. The van der Waals surface area contributed by atoms with E-state index in [9.17, 15) is 9.59 Å². The summed E-state index contributed by atoms with van der Waals surface area (Å²) >= 11 is 3.67. The SMILES string of the molecule is COC(=O)CSCc1ccc(NC(=O)c2cccc(I)c2)cc1. The maximum absolute atomic E-state index is 12.2. The van der Waals surface area contributed by atoms with E-state index in [0.717, 1.165) is 20.6 Å². The molecule has 0 radical (unpaired) electrons. The first-order chi connectivity index (χ1) is 11.1. The van der Waals surface area contributed by atoms with Crippen molar-refractivity contribution in [1.29, 1.82) is 0 Å². The van der Waals surface area contributed by atoms with Gasteiger partial charge in [-0.1, -0.05) is 18.2 Å². The average molecular weight is 441 g/mol. The van der Waals surface area contributed by atoms with E-state index in [4.69, 9.17) is 0 Å². The Labute approximate surface area is 153 Å². The van der Waals surface area contributed by atoms with Crippen LogP contribution in [-0.4, -0.2) is 24.7 Å². The molecule has 2 aromatic rings. The molecule has 0 bridgehead atoms. The number of esters is 1. The second-order valence-electron chi connectivity index (χ2n) is 4.73. The minimum atomic E-state index is -0.226. The number of carbonyl (C=O) groups excluding carboxylic acids is 2. The summed E-state index contributed by atoms with van der Waals surface area (Å²) in [4.78, 5) is 23.2. The molecule has 0 saturated heterocycles. The van der Waals surface area contributed by atoms with Crippen LogP contribution in [0.4, 0.5) is 5.69 Å². The normalized spacial score (nSPS) is 10.2. The van der Waals surface area contributed by atoms with E-state index in [-0.39, 0.29) is 11.9 Å². The predicted octanol–water partition coefficient (Wildman–Crippen LogP) is 3.95. The lowest BCUT2D eigenvalue weighted by molar-refractivity contribution is -0.137. The van der Waals surface area contributed by atoms with Gasteiger partial charge in [0.2, 0.25) is 0 Å². The van der Waals surface area contributed by atoms with Gasteiger partial charge in [0.25, 0.3) is 5.91 Å². The van der Waals surface area contributed by atoms with E-state index in [1.165, 1.54) is 18.9 Å². The van der Waals surface area contributed by atoms with Gasteiger partial charge in [-0.05, 0) is 58.5 Å². The topological polar surface area (TPSA) is 55.4 Å². The Hall–Kier alpha value is -1.54. The lowest BCUT2D eigenvalue weighted by Crippen LogP contribution is -2.11. The lowest BCUT2D eigenvalue weighted by atomic mass is 10.2. The number of amides is 1. The number of anilines is 1. The van der Waals surface area contributed by atoms with Gasteiger partial charge >= 0.3 is 5.97 Å². The average Bonchev–Trinajstić information content (AvgIpc) is 2.56. The fourth-order valence-corrected chi connectivity index (χ4v) is 3.19.